The van der Waals surface area contributed by atoms with E-state index in [1.54, 1.807) is 13.8 Å². The van der Waals surface area contributed by atoms with E-state index < -0.39 is 28.7 Å². The van der Waals surface area contributed by atoms with Crippen molar-refractivity contribution in [1.29, 1.82) is 0 Å². The minimum Gasteiger partial charge on any atom is -0.303 e. The van der Waals surface area contributed by atoms with Gasteiger partial charge in [0.25, 0.3) is 0 Å². The number of hydrogen-bond donors (Lipinski definition) is 0. The molecule has 0 bridgehead atoms. The van der Waals surface area contributed by atoms with Crippen molar-refractivity contribution in [2.75, 3.05) is 0 Å². The minimum atomic E-state index is -1.38. The van der Waals surface area contributed by atoms with Crippen LogP contribution in [0.3, 0.4) is 0 Å². The van der Waals surface area contributed by atoms with E-state index in [0.717, 1.165) is 0 Å². The van der Waals surface area contributed by atoms with Gasteiger partial charge in [0.05, 0.1) is 15.5 Å². The molecule has 0 aliphatic heterocycles. The molecule has 1 unspecified atom stereocenters. The first-order valence-corrected chi connectivity index (χ1v) is 7.51. The lowest BCUT2D eigenvalue weighted by molar-refractivity contribution is -0.134. The van der Waals surface area contributed by atoms with Gasteiger partial charge in [-0.15, -0.1) is 0 Å². The maximum absolute atomic E-state index is 12.6. The largest absolute Gasteiger partial charge is 0.303 e. The minimum absolute atomic E-state index is 0.00937. The Morgan fingerprint density at radius 1 is 1.23 bits per heavy atom. The van der Waals surface area contributed by atoms with Gasteiger partial charge in [-0.25, -0.2) is 0 Å². The predicted octanol–water partition coefficient (Wildman–Crippen LogP) is 3.20. The lowest BCUT2D eigenvalue weighted by atomic mass is 9.65. The number of hydrogen-bond acceptors (Lipinski definition) is 4. The summed E-state index contributed by atoms with van der Waals surface area (Å²) in [5.74, 6) is -2.96. The molecule has 0 amide bonds. The summed E-state index contributed by atoms with van der Waals surface area (Å²) >= 11 is 11.9. The second-order valence-corrected chi connectivity index (χ2v) is 6.58. The van der Waals surface area contributed by atoms with Gasteiger partial charge in [-0.3, -0.25) is 14.4 Å². The van der Waals surface area contributed by atoms with Crippen LogP contribution in [-0.4, -0.2) is 23.6 Å². The molecule has 22 heavy (non-hydrogen) atoms. The van der Waals surface area contributed by atoms with Crippen LogP contribution in [0.5, 0.6) is 0 Å². The fourth-order valence-electron chi connectivity index (χ4n) is 2.67. The summed E-state index contributed by atoms with van der Waals surface area (Å²) in [6.07, 6.45) is 0.453. The normalized spacial score (nSPS) is 19.7. The van der Waals surface area contributed by atoms with E-state index in [-0.39, 0.29) is 28.5 Å². The van der Waals surface area contributed by atoms with Crippen LogP contribution < -0.4 is 0 Å². The smallest absolute Gasteiger partial charge is 0.181 e. The SMILES string of the molecule is CC1(C)C(=O)C(C(=O)CCC=O)C(=O)c2cc(Cl)c(Cl)cc21. The van der Waals surface area contributed by atoms with Gasteiger partial charge in [0.2, 0.25) is 0 Å². The van der Waals surface area contributed by atoms with E-state index in [9.17, 15) is 19.2 Å². The second-order valence-electron chi connectivity index (χ2n) is 5.77. The molecule has 1 atom stereocenters. The first-order valence-electron chi connectivity index (χ1n) is 6.76. The van der Waals surface area contributed by atoms with Gasteiger partial charge in [-0.2, -0.15) is 0 Å². The van der Waals surface area contributed by atoms with Crippen molar-refractivity contribution >= 4 is 46.8 Å². The Hall–Kier alpha value is -1.52. The number of Topliss-reactive ketones (excluding diaryl/α,β-unsaturated/α-hetero) is 3. The van der Waals surface area contributed by atoms with Gasteiger partial charge >= 0.3 is 0 Å². The van der Waals surface area contributed by atoms with Crippen LogP contribution in [0.4, 0.5) is 0 Å². The molecule has 1 aliphatic rings. The van der Waals surface area contributed by atoms with E-state index in [0.29, 0.717) is 11.8 Å². The molecule has 6 heteroatoms. The molecule has 0 saturated carbocycles. The van der Waals surface area contributed by atoms with Crippen molar-refractivity contribution in [3.63, 3.8) is 0 Å². The summed E-state index contributed by atoms with van der Waals surface area (Å²) in [4.78, 5) is 47.7. The lowest BCUT2D eigenvalue weighted by Gasteiger charge is -2.34. The van der Waals surface area contributed by atoms with Crippen LogP contribution >= 0.6 is 23.2 Å². The monoisotopic (exact) mass is 340 g/mol. The van der Waals surface area contributed by atoms with Gasteiger partial charge in [-0.05, 0) is 31.5 Å². The standard InChI is InChI=1S/C16H14Cl2O4/c1-16(2)9-7-11(18)10(17)6-8(9)14(21)13(15(16)22)12(20)4-3-5-19/h5-7,13H,3-4H2,1-2H3. The maximum Gasteiger partial charge on any atom is 0.181 e. The van der Waals surface area contributed by atoms with Crippen LogP contribution in [0.25, 0.3) is 0 Å². The highest BCUT2D eigenvalue weighted by molar-refractivity contribution is 6.42. The van der Waals surface area contributed by atoms with Gasteiger partial charge in [0.1, 0.15) is 12.2 Å². The molecular weight excluding hydrogens is 327 g/mol. The fraction of sp³-hybridized carbons (Fsp3) is 0.375. The third-order valence-electron chi connectivity index (χ3n) is 3.97. The molecule has 0 N–H and O–H groups in total. The number of ketones is 3. The van der Waals surface area contributed by atoms with E-state index in [4.69, 9.17) is 23.2 Å². The molecule has 0 aromatic heterocycles. The molecule has 1 aromatic carbocycles. The Labute approximate surface area is 137 Å². The highest BCUT2D eigenvalue weighted by atomic mass is 35.5. The fourth-order valence-corrected chi connectivity index (χ4v) is 3.00. The number of carbonyl (C=O) groups is 4. The Morgan fingerprint density at radius 3 is 2.41 bits per heavy atom. The lowest BCUT2D eigenvalue weighted by Crippen LogP contribution is -2.47. The number of benzene rings is 1. The molecule has 116 valence electrons. The summed E-state index contributed by atoms with van der Waals surface area (Å²) in [5, 5.41) is 0.442. The Kier molecular flexibility index (Phi) is 4.54. The molecule has 4 nitrogen and oxygen atoms in total. The zero-order chi connectivity index (χ0) is 16.7. The number of halogens is 2. The summed E-state index contributed by atoms with van der Waals surface area (Å²) in [6.45, 7) is 3.29. The third kappa shape index (κ3) is 2.61. The maximum atomic E-state index is 12.6. The zero-order valence-corrected chi connectivity index (χ0v) is 13.6. The number of rotatable bonds is 4. The number of carbonyl (C=O) groups excluding carboxylic acids is 4. The number of fused-ring (bicyclic) bond motifs is 1. The molecular formula is C16H14Cl2O4. The van der Waals surface area contributed by atoms with E-state index in [1.807, 2.05) is 0 Å². The molecule has 0 heterocycles. The van der Waals surface area contributed by atoms with Crippen molar-refractivity contribution < 1.29 is 19.2 Å². The first-order chi connectivity index (χ1) is 10.2. The molecule has 1 aliphatic carbocycles. The summed E-state index contributed by atoms with van der Waals surface area (Å²) in [7, 11) is 0. The van der Waals surface area contributed by atoms with Gasteiger partial charge < -0.3 is 4.79 Å². The van der Waals surface area contributed by atoms with Crippen LogP contribution in [-0.2, 0) is 19.8 Å². The average molecular weight is 341 g/mol. The van der Waals surface area contributed by atoms with Crippen molar-refractivity contribution in [3.05, 3.63) is 33.3 Å². The highest BCUT2D eigenvalue weighted by Gasteiger charge is 2.49. The van der Waals surface area contributed by atoms with Gasteiger partial charge in [0.15, 0.2) is 17.3 Å². The van der Waals surface area contributed by atoms with Gasteiger partial charge in [-0.1, -0.05) is 23.2 Å². The van der Waals surface area contributed by atoms with Crippen molar-refractivity contribution in [1.82, 2.24) is 0 Å². The second kappa shape index (κ2) is 5.94. The van der Waals surface area contributed by atoms with E-state index >= 15 is 0 Å². The number of aldehydes is 1. The van der Waals surface area contributed by atoms with Crippen LogP contribution in [0.1, 0.15) is 42.6 Å². The molecule has 0 radical (unpaired) electrons. The van der Waals surface area contributed by atoms with Crippen LogP contribution in [0, 0.1) is 5.92 Å². The Morgan fingerprint density at radius 2 is 1.82 bits per heavy atom. The predicted molar refractivity (Wildman–Crippen MR) is 82.6 cm³/mol. The van der Waals surface area contributed by atoms with E-state index in [2.05, 4.69) is 0 Å². The quantitative estimate of drug-likeness (QED) is 0.623. The zero-order valence-electron chi connectivity index (χ0n) is 12.1. The molecule has 0 saturated heterocycles. The first kappa shape index (κ1) is 16.8. The molecule has 0 spiro atoms. The topological polar surface area (TPSA) is 68.3 Å². The Balaban J connectivity index is 2.57. The molecule has 0 fully saturated rings. The van der Waals surface area contributed by atoms with Crippen LogP contribution in [0.2, 0.25) is 10.0 Å². The third-order valence-corrected chi connectivity index (χ3v) is 4.69. The summed E-state index contributed by atoms with van der Waals surface area (Å²) in [5.41, 5.74) is -0.321. The van der Waals surface area contributed by atoms with Crippen molar-refractivity contribution in [2.45, 2.75) is 32.1 Å². The highest BCUT2D eigenvalue weighted by Crippen LogP contribution is 2.41. The van der Waals surface area contributed by atoms with Crippen molar-refractivity contribution in [2.24, 2.45) is 5.92 Å². The van der Waals surface area contributed by atoms with E-state index in [1.165, 1.54) is 12.1 Å². The molecule has 2 rings (SSSR count). The summed E-state index contributed by atoms with van der Waals surface area (Å²) < 4.78 is 0. The van der Waals surface area contributed by atoms with Crippen molar-refractivity contribution in [3.8, 4) is 0 Å². The average Bonchev–Trinajstić information content (AvgIpc) is 2.45. The van der Waals surface area contributed by atoms with Crippen LogP contribution in [0.15, 0.2) is 12.1 Å². The summed E-state index contributed by atoms with van der Waals surface area (Å²) in [6, 6.07) is 2.90. The molecule has 1 aromatic rings. The van der Waals surface area contributed by atoms with Gasteiger partial charge in [0, 0.05) is 18.4 Å². The Bertz CT molecular complexity index is 692.